The number of methoxy groups -OCH3 is 1. The van der Waals surface area contributed by atoms with E-state index in [4.69, 9.17) is 25.6 Å². The SMILES string of the molecule is CCOC(=O)c1cc(-c2ccc(OC)c(S(=O)(=O)Nc3cccc(Cl)c3)c2)on1. The Morgan fingerprint density at radius 2 is 2.00 bits per heavy atom. The van der Waals surface area contributed by atoms with Crippen molar-refractivity contribution < 1.29 is 27.2 Å². The van der Waals surface area contributed by atoms with Gasteiger partial charge in [-0.15, -0.1) is 0 Å². The average molecular weight is 437 g/mol. The van der Waals surface area contributed by atoms with Crippen LogP contribution in [0.15, 0.2) is 57.9 Å². The third-order valence-electron chi connectivity index (χ3n) is 3.81. The molecule has 0 spiro atoms. The highest BCUT2D eigenvalue weighted by Gasteiger charge is 2.22. The minimum atomic E-state index is -4.01. The van der Waals surface area contributed by atoms with Gasteiger partial charge in [-0.1, -0.05) is 22.8 Å². The summed E-state index contributed by atoms with van der Waals surface area (Å²) in [5.41, 5.74) is 0.675. The Balaban J connectivity index is 1.98. The summed E-state index contributed by atoms with van der Waals surface area (Å²) in [7, 11) is -2.65. The van der Waals surface area contributed by atoms with E-state index in [-0.39, 0.29) is 28.7 Å². The van der Waals surface area contributed by atoms with Crippen LogP contribution in [0.4, 0.5) is 5.69 Å². The number of sulfonamides is 1. The van der Waals surface area contributed by atoms with Gasteiger partial charge in [-0.3, -0.25) is 4.72 Å². The number of hydrogen-bond donors (Lipinski definition) is 1. The summed E-state index contributed by atoms with van der Waals surface area (Å²) in [4.78, 5) is 11.6. The van der Waals surface area contributed by atoms with Crippen molar-refractivity contribution in [3.8, 4) is 17.1 Å². The molecule has 0 bridgehead atoms. The average Bonchev–Trinajstić information content (AvgIpc) is 3.18. The van der Waals surface area contributed by atoms with Crippen LogP contribution < -0.4 is 9.46 Å². The maximum Gasteiger partial charge on any atom is 0.360 e. The zero-order valence-corrected chi connectivity index (χ0v) is 17.1. The molecule has 29 heavy (non-hydrogen) atoms. The Hall–Kier alpha value is -3.04. The summed E-state index contributed by atoms with van der Waals surface area (Å²) in [6.07, 6.45) is 0. The van der Waals surface area contributed by atoms with Gasteiger partial charge in [-0.05, 0) is 43.3 Å². The summed E-state index contributed by atoms with van der Waals surface area (Å²) in [5, 5.41) is 4.05. The second kappa shape index (κ2) is 8.54. The molecule has 0 unspecified atom stereocenters. The van der Waals surface area contributed by atoms with Gasteiger partial charge in [0.25, 0.3) is 10.0 Å². The molecular formula is C19H17ClN2O6S. The van der Waals surface area contributed by atoms with Crippen molar-refractivity contribution in [1.29, 1.82) is 0 Å². The van der Waals surface area contributed by atoms with E-state index in [0.29, 0.717) is 16.3 Å². The van der Waals surface area contributed by atoms with Crippen LogP contribution in [0.2, 0.25) is 5.02 Å². The minimum absolute atomic E-state index is 0.0147. The second-order valence-electron chi connectivity index (χ2n) is 5.78. The van der Waals surface area contributed by atoms with Crippen LogP contribution in [0.3, 0.4) is 0 Å². The predicted molar refractivity (Wildman–Crippen MR) is 107 cm³/mol. The molecule has 0 fully saturated rings. The lowest BCUT2D eigenvalue weighted by molar-refractivity contribution is 0.0514. The molecule has 1 N–H and O–H groups in total. The van der Waals surface area contributed by atoms with Crippen LogP contribution in [0.5, 0.6) is 5.75 Å². The van der Waals surface area contributed by atoms with E-state index in [1.54, 1.807) is 31.2 Å². The van der Waals surface area contributed by atoms with Crippen LogP contribution in [0.1, 0.15) is 17.4 Å². The second-order valence-corrected chi connectivity index (χ2v) is 7.87. The molecule has 0 aliphatic heterocycles. The van der Waals surface area contributed by atoms with Crippen LogP contribution in [0.25, 0.3) is 11.3 Å². The number of aromatic nitrogens is 1. The van der Waals surface area contributed by atoms with Crippen LogP contribution in [-0.2, 0) is 14.8 Å². The molecule has 2 aromatic carbocycles. The third kappa shape index (κ3) is 4.69. The van der Waals surface area contributed by atoms with E-state index < -0.39 is 16.0 Å². The highest BCUT2D eigenvalue weighted by atomic mass is 35.5. The Labute approximate surface area is 172 Å². The summed E-state index contributed by atoms with van der Waals surface area (Å²) in [6, 6.07) is 12.1. The fraction of sp³-hybridized carbons (Fsp3) is 0.158. The molecule has 8 nitrogen and oxygen atoms in total. The number of rotatable bonds is 7. The molecular weight excluding hydrogens is 420 g/mol. The molecule has 3 rings (SSSR count). The fourth-order valence-corrected chi connectivity index (χ4v) is 3.95. The number of halogens is 1. The summed E-state index contributed by atoms with van der Waals surface area (Å²) in [6.45, 7) is 1.87. The molecule has 10 heteroatoms. The van der Waals surface area contributed by atoms with E-state index in [1.165, 1.54) is 31.4 Å². The first-order chi connectivity index (χ1) is 13.8. The first-order valence-electron chi connectivity index (χ1n) is 8.44. The number of hydrogen-bond acceptors (Lipinski definition) is 7. The molecule has 3 aromatic rings. The summed E-state index contributed by atoms with van der Waals surface area (Å²) in [5.74, 6) is -0.296. The van der Waals surface area contributed by atoms with Crippen molar-refractivity contribution in [2.45, 2.75) is 11.8 Å². The fourth-order valence-electron chi connectivity index (χ4n) is 2.51. The van der Waals surface area contributed by atoms with Gasteiger partial charge in [0.05, 0.1) is 19.4 Å². The molecule has 0 amide bonds. The maximum absolute atomic E-state index is 12.9. The van der Waals surface area contributed by atoms with Gasteiger partial charge in [0, 0.05) is 16.7 Å². The van der Waals surface area contributed by atoms with Gasteiger partial charge in [-0.2, -0.15) is 0 Å². The molecule has 0 aliphatic carbocycles. The minimum Gasteiger partial charge on any atom is -0.495 e. The van der Waals surface area contributed by atoms with E-state index in [2.05, 4.69) is 9.88 Å². The standard InChI is InChI=1S/C19H17ClN2O6S/c1-3-27-19(23)15-11-17(28-21-15)12-7-8-16(26-2)18(9-12)29(24,25)22-14-6-4-5-13(20)10-14/h4-11,22H,3H2,1-2H3. The molecule has 0 atom stereocenters. The third-order valence-corrected chi connectivity index (χ3v) is 5.45. The van der Waals surface area contributed by atoms with Crippen molar-refractivity contribution in [1.82, 2.24) is 5.16 Å². The number of anilines is 1. The topological polar surface area (TPSA) is 108 Å². The van der Waals surface area contributed by atoms with E-state index in [0.717, 1.165) is 0 Å². The lowest BCUT2D eigenvalue weighted by atomic mass is 10.1. The Morgan fingerprint density at radius 1 is 1.21 bits per heavy atom. The van der Waals surface area contributed by atoms with E-state index >= 15 is 0 Å². The van der Waals surface area contributed by atoms with Gasteiger partial charge in [0.2, 0.25) is 0 Å². The Kier molecular flexibility index (Phi) is 6.09. The molecule has 1 aromatic heterocycles. The van der Waals surface area contributed by atoms with Crippen LogP contribution in [-0.4, -0.2) is 33.3 Å². The monoisotopic (exact) mass is 436 g/mol. The number of carbonyl (C=O) groups is 1. The lowest BCUT2D eigenvalue weighted by Gasteiger charge is -2.12. The molecule has 1 heterocycles. The van der Waals surface area contributed by atoms with E-state index in [1.807, 2.05) is 0 Å². The van der Waals surface area contributed by atoms with Gasteiger partial charge >= 0.3 is 5.97 Å². The molecule has 0 aliphatic rings. The van der Waals surface area contributed by atoms with Crippen LogP contribution in [0, 0.1) is 0 Å². The molecule has 0 saturated carbocycles. The van der Waals surface area contributed by atoms with E-state index in [9.17, 15) is 13.2 Å². The van der Waals surface area contributed by atoms with Gasteiger partial charge in [-0.25, -0.2) is 13.2 Å². The van der Waals surface area contributed by atoms with Gasteiger partial charge < -0.3 is 14.0 Å². The maximum atomic E-state index is 12.9. The number of esters is 1. The van der Waals surface area contributed by atoms with Crippen molar-refractivity contribution in [3.05, 3.63) is 59.2 Å². The molecule has 152 valence electrons. The first-order valence-corrected chi connectivity index (χ1v) is 10.3. The zero-order chi connectivity index (χ0) is 21.0. The van der Waals surface area contributed by atoms with Crippen molar-refractivity contribution in [2.24, 2.45) is 0 Å². The predicted octanol–water partition coefficient (Wildman–Crippen LogP) is 3.98. The number of carbonyl (C=O) groups excluding carboxylic acids is 1. The van der Waals surface area contributed by atoms with Crippen LogP contribution >= 0.6 is 11.6 Å². The van der Waals surface area contributed by atoms with Crippen molar-refractivity contribution in [3.63, 3.8) is 0 Å². The molecule has 0 saturated heterocycles. The number of benzene rings is 2. The smallest absolute Gasteiger partial charge is 0.360 e. The lowest BCUT2D eigenvalue weighted by Crippen LogP contribution is -2.14. The van der Waals surface area contributed by atoms with Crippen molar-refractivity contribution in [2.75, 3.05) is 18.4 Å². The Bertz CT molecular complexity index is 1140. The summed E-state index contributed by atoms with van der Waals surface area (Å²) >= 11 is 5.92. The number of ether oxygens (including phenoxy) is 2. The zero-order valence-electron chi connectivity index (χ0n) is 15.5. The Morgan fingerprint density at radius 3 is 2.69 bits per heavy atom. The summed E-state index contributed by atoms with van der Waals surface area (Å²) < 4.78 is 43.5. The highest BCUT2D eigenvalue weighted by molar-refractivity contribution is 7.92. The highest BCUT2D eigenvalue weighted by Crippen LogP contribution is 2.32. The number of nitrogens with one attached hydrogen (secondary N) is 1. The normalized spacial score (nSPS) is 11.1. The van der Waals surface area contributed by atoms with Gasteiger partial charge in [0.1, 0.15) is 10.6 Å². The van der Waals surface area contributed by atoms with Gasteiger partial charge in [0.15, 0.2) is 11.5 Å². The van der Waals surface area contributed by atoms with Crippen molar-refractivity contribution >= 4 is 33.3 Å². The number of nitrogens with zero attached hydrogens (tertiary/aromatic N) is 1. The largest absolute Gasteiger partial charge is 0.495 e. The first kappa shape index (κ1) is 20.7. The quantitative estimate of drug-likeness (QED) is 0.558. The molecule has 0 radical (unpaired) electrons.